The Morgan fingerprint density at radius 3 is 2.12 bits per heavy atom. The average Bonchev–Trinajstić information content (AvgIpc) is 2.25. The second-order valence-corrected chi connectivity index (χ2v) is 7.73. The van der Waals surface area contributed by atoms with Gasteiger partial charge in [-0.15, -0.1) is 0 Å². The fourth-order valence-corrected chi connectivity index (χ4v) is 3.00. The minimum Gasteiger partial charge on any atom is -0.426 e. The minimum atomic E-state index is -0.431. The normalized spacial score (nSPS) is 11.4. The first-order chi connectivity index (χ1) is 7.77. The molecule has 94 valence electrons. The van der Waals surface area contributed by atoms with Gasteiger partial charge in [-0.3, -0.25) is 4.79 Å². The zero-order valence-corrected chi connectivity index (χ0v) is 16.3. The van der Waals surface area contributed by atoms with Crippen LogP contribution in [0.25, 0.3) is 0 Å². The van der Waals surface area contributed by atoms with E-state index in [1.54, 1.807) is 0 Å². The largest absolute Gasteiger partial charge is 0.426 e. The summed E-state index contributed by atoms with van der Waals surface area (Å²) >= 11 is 6.79. The summed E-state index contributed by atoms with van der Waals surface area (Å²) in [5, 5.41) is 0. The van der Waals surface area contributed by atoms with Crippen molar-refractivity contribution in [3.05, 3.63) is 22.8 Å². The number of ether oxygens (including phenoxy) is 1. The van der Waals surface area contributed by atoms with E-state index in [9.17, 15) is 4.79 Å². The van der Waals surface area contributed by atoms with E-state index in [4.69, 9.17) is 4.74 Å². The van der Waals surface area contributed by atoms with Gasteiger partial charge in [0.15, 0.2) is 0 Å². The number of hydrogen-bond donors (Lipinski definition) is 0. The van der Waals surface area contributed by atoms with Gasteiger partial charge in [0.05, 0.1) is 5.41 Å². The van der Waals surface area contributed by atoms with Crippen molar-refractivity contribution in [3.8, 4) is 5.75 Å². The van der Waals surface area contributed by atoms with Crippen LogP contribution in [-0.2, 0) is 4.79 Å². The van der Waals surface area contributed by atoms with Crippen LogP contribution in [0.1, 0.15) is 27.2 Å². The number of carbonyl (C=O) groups excluding carboxylic acids is 1. The van der Waals surface area contributed by atoms with E-state index in [-0.39, 0.29) is 5.97 Å². The lowest BCUT2D eigenvalue weighted by Gasteiger charge is -2.20. The lowest BCUT2D eigenvalue weighted by atomic mass is 9.91. The molecule has 0 amide bonds. The first-order valence-electron chi connectivity index (χ1n) is 5.14. The maximum Gasteiger partial charge on any atom is 0.316 e. The molecule has 5 heteroatoms. The number of hydrogen-bond acceptors (Lipinski definition) is 2. The molecule has 0 aliphatic rings. The Kier molecular flexibility index (Phi) is 5.96. The zero-order chi connectivity index (χ0) is 13.2. The van der Waals surface area contributed by atoms with Crippen LogP contribution in [0.15, 0.2) is 12.1 Å². The lowest BCUT2D eigenvalue weighted by molar-refractivity contribution is -0.144. The SMILES string of the molecule is CCC(C)(C)C(=O)Oc1cc(I)c(I)c(I)c1. The van der Waals surface area contributed by atoms with Crippen molar-refractivity contribution in [1.82, 2.24) is 0 Å². The van der Waals surface area contributed by atoms with E-state index >= 15 is 0 Å². The quantitative estimate of drug-likeness (QED) is 0.225. The third-order valence-electron chi connectivity index (χ3n) is 2.60. The van der Waals surface area contributed by atoms with E-state index < -0.39 is 5.41 Å². The van der Waals surface area contributed by atoms with Gasteiger partial charge in [-0.1, -0.05) is 6.92 Å². The highest BCUT2D eigenvalue weighted by Gasteiger charge is 2.27. The molecule has 1 aromatic rings. The molecule has 0 fully saturated rings. The fourth-order valence-electron chi connectivity index (χ4n) is 0.981. The molecule has 1 aromatic carbocycles. The summed E-state index contributed by atoms with van der Waals surface area (Å²) in [7, 11) is 0. The second-order valence-electron chi connectivity index (χ2n) is 4.33. The van der Waals surface area contributed by atoms with Crippen LogP contribution in [0.5, 0.6) is 5.75 Å². The Bertz CT molecular complexity index is 418. The first kappa shape index (κ1) is 15.9. The van der Waals surface area contributed by atoms with Gasteiger partial charge in [-0.05, 0) is 100 Å². The van der Waals surface area contributed by atoms with E-state index in [0.29, 0.717) is 5.75 Å². The van der Waals surface area contributed by atoms with E-state index in [1.807, 2.05) is 32.9 Å². The topological polar surface area (TPSA) is 26.3 Å². The van der Waals surface area contributed by atoms with Gasteiger partial charge in [-0.2, -0.15) is 0 Å². The molecule has 0 radical (unpaired) electrons. The van der Waals surface area contributed by atoms with Crippen molar-refractivity contribution in [2.75, 3.05) is 0 Å². The average molecular weight is 570 g/mol. The van der Waals surface area contributed by atoms with Gasteiger partial charge >= 0.3 is 5.97 Å². The molecular formula is C12H13I3O2. The van der Waals surface area contributed by atoms with Crippen molar-refractivity contribution in [2.24, 2.45) is 5.41 Å². The molecule has 2 nitrogen and oxygen atoms in total. The third kappa shape index (κ3) is 4.19. The Balaban J connectivity index is 2.94. The second kappa shape index (κ2) is 6.36. The highest BCUT2D eigenvalue weighted by atomic mass is 127. The Labute approximate surface area is 143 Å². The number of esters is 1. The third-order valence-corrected chi connectivity index (χ3v) is 7.53. The molecule has 0 saturated carbocycles. The summed E-state index contributed by atoms with van der Waals surface area (Å²) in [6, 6.07) is 3.79. The van der Waals surface area contributed by atoms with Gasteiger partial charge in [0, 0.05) is 10.7 Å². The van der Waals surface area contributed by atoms with Gasteiger partial charge in [0.25, 0.3) is 0 Å². The number of benzene rings is 1. The highest BCUT2D eigenvalue weighted by Crippen LogP contribution is 2.29. The van der Waals surface area contributed by atoms with Crippen LogP contribution in [0.3, 0.4) is 0 Å². The molecule has 0 heterocycles. The van der Waals surface area contributed by atoms with Gasteiger partial charge in [-0.25, -0.2) is 0 Å². The highest BCUT2D eigenvalue weighted by molar-refractivity contribution is 14.1. The van der Waals surface area contributed by atoms with Crippen molar-refractivity contribution < 1.29 is 9.53 Å². The summed E-state index contributed by atoms with van der Waals surface area (Å²) in [4.78, 5) is 11.9. The molecule has 17 heavy (non-hydrogen) atoms. The summed E-state index contributed by atoms with van der Waals surface area (Å²) < 4.78 is 8.84. The molecule has 0 spiro atoms. The predicted molar refractivity (Wildman–Crippen MR) is 94.3 cm³/mol. The van der Waals surface area contributed by atoms with E-state index in [0.717, 1.165) is 13.6 Å². The summed E-state index contributed by atoms with van der Waals surface area (Å²) in [6.45, 7) is 5.79. The van der Waals surface area contributed by atoms with Crippen LogP contribution in [0.4, 0.5) is 0 Å². The molecule has 0 atom stereocenters. The summed E-state index contributed by atoms with van der Waals surface area (Å²) in [5.74, 6) is 0.457. The molecule has 0 aromatic heterocycles. The molecule has 0 unspecified atom stereocenters. The van der Waals surface area contributed by atoms with Crippen molar-refractivity contribution in [3.63, 3.8) is 0 Å². The lowest BCUT2D eigenvalue weighted by Crippen LogP contribution is -2.28. The van der Waals surface area contributed by atoms with E-state index in [1.165, 1.54) is 3.57 Å². The maximum absolute atomic E-state index is 11.9. The van der Waals surface area contributed by atoms with Crippen LogP contribution < -0.4 is 4.74 Å². The minimum absolute atomic E-state index is 0.173. The monoisotopic (exact) mass is 570 g/mol. The van der Waals surface area contributed by atoms with Gasteiger partial charge in [0.2, 0.25) is 0 Å². The van der Waals surface area contributed by atoms with Crippen LogP contribution in [0.2, 0.25) is 0 Å². The number of carbonyl (C=O) groups is 1. The van der Waals surface area contributed by atoms with Crippen molar-refractivity contribution in [2.45, 2.75) is 27.2 Å². The number of rotatable bonds is 3. The molecule has 0 aliphatic carbocycles. The molecule has 0 bridgehead atoms. The van der Waals surface area contributed by atoms with Crippen LogP contribution in [0, 0.1) is 16.1 Å². The van der Waals surface area contributed by atoms with Crippen LogP contribution >= 0.6 is 67.8 Å². The Morgan fingerprint density at radius 1 is 1.24 bits per heavy atom. The van der Waals surface area contributed by atoms with Gasteiger partial charge in [0.1, 0.15) is 5.75 Å². The Hall–Kier alpha value is 0.880. The summed E-state index contributed by atoms with van der Waals surface area (Å²) in [5.41, 5.74) is -0.431. The standard InChI is InChI=1S/C12H13I3O2/c1-4-12(2,3)11(16)17-7-5-8(13)10(15)9(14)6-7/h5-6H,4H2,1-3H3. The van der Waals surface area contributed by atoms with Crippen molar-refractivity contribution in [1.29, 1.82) is 0 Å². The van der Waals surface area contributed by atoms with Gasteiger partial charge < -0.3 is 4.74 Å². The molecule has 0 aliphatic heterocycles. The zero-order valence-electron chi connectivity index (χ0n) is 9.81. The first-order valence-corrected chi connectivity index (χ1v) is 8.38. The number of halogens is 3. The molecule has 0 saturated heterocycles. The van der Waals surface area contributed by atoms with Crippen LogP contribution in [-0.4, -0.2) is 5.97 Å². The molecule has 0 N–H and O–H groups in total. The maximum atomic E-state index is 11.9. The predicted octanol–water partition coefficient (Wildman–Crippen LogP) is 4.84. The van der Waals surface area contributed by atoms with Crippen molar-refractivity contribution >= 4 is 73.7 Å². The fraction of sp³-hybridized carbons (Fsp3) is 0.417. The van der Waals surface area contributed by atoms with E-state index in [2.05, 4.69) is 67.8 Å². The Morgan fingerprint density at radius 2 is 1.71 bits per heavy atom. The molecule has 1 rings (SSSR count). The molecular weight excluding hydrogens is 557 g/mol. The smallest absolute Gasteiger partial charge is 0.316 e. The summed E-state index contributed by atoms with van der Waals surface area (Å²) in [6.07, 6.45) is 0.768.